The number of rotatable bonds is 4. The molecule has 7 aromatic carbocycles. The summed E-state index contributed by atoms with van der Waals surface area (Å²) in [5.74, 6) is 0.956. The molecule has 0 saturated heterocycles. The van der Waals surface area contributed by atoms with Gasteiger partial charge in [0.1, 0.15) is 11.0 Å². The zero-order valence-corrected chi connectivity index (χ0v) is 26.8. The van der Waals surface area contributed by atoms with E-state index in [0.29, 0.717) is 45.1 Å². The van der Waals surface area contributed by atoms with E-state index in [1.165, 1.54) is 10.8 Å². The van der Waals surface area contributed by atoms with E-state index in [2.05, 4.69) is 108 Å². The number of fused-ring (bicyclic) bond motifs is 6. The maximum atomic E-state index is 9.38. The molecule has 10 rings (SSSR count). The maximum absolute atomic E-state index is 9.38. The molecule has 0 bridgehead atoms. The number of oxazole rings is 2. The van der Waals surface area contributed by atoms with Crippen LogP contribution in [0.2, 0.25) is 0 Å². The molecule has 0 saturated carbocycles. The van der Waals surface area contributed by atoms with Gasteiger partial charge in [0.15, 0.2) is 11.2 Å². The summed E-state index contributed by atoms with van der Waals surface area (Å²) in [6.07, 6.45) is 0. The Kier molecular flexibility index (Phi) is 6.17. The van der Waals surface area contributed by atoms with Crippen LogP contribution < -0.4 is 0 Å². The minimum atomic E-state index is 0.478. The minimum Gasteiger partial charge on any atom is -0.436 e. The predicted molar refractivity (Wildman–Crippen MR) is 199 cm³/mol. The zero-order chi connectivity index (χ0) is 34.1. The zero-order valence-electron chi connectivity index (χ0n) is 26.8. The summed E-state index contributed by atoms with van der Waals surface area (Å²) in [5, 5.41) is 23.2. The van der Waals surface area contributed by atoms with Gasteiger partial charge in [0.05, 0.1) is 34.3 Å². The number of hydrogen-bond donors (Lipinski definition) is 0. The van der Waals surface area contributed by atoms with E-state index >= 15 is 0 Å². The van der Waals surface area contributed by atoms with Gasteiger partial charge in [-0.1, -0.05) is 48.5 Å². The molecule has 0 atom stereocenters. The molecule has 3 heterocycles. The van der Waals surface area contributed by atoms with E-state index in [-0.39, 0.29) is 0 Å². The molecule has 51 heavy (non-hydrogen) atoms. The number of aromatic nitrogens is 3. The van der Waals surface area contributed by atoms with Gasteiger partial charge in [0.25, 0.3) is 0 Å². The second-order valence-corrected chi connectivity index (χ2v) is 12.5. The van der Waals surface area contributed by atoms with Crippen LogP contribution in [0.3, 0.4) is 0 Å². The Hall–Kier alpha value is -7.48. The molecule has 7 heteroatoms. The van der Waals surface area contributed by atoms with Gasteiger partial charge in [-0.3, -0.25) is 0 Å². The third-order valence-electron chi connectivity index (χ3n) is 9.50. The van der Waals surface area contributed by atoms with Crippen molar-refractivity contribution in [1.82, 2.24) is 14.5 Å². The molecule has 0 aliphatic carbocycles. The van der Waals surface area contributed by atoms with Crippen molar-refractivity contribution in [2.75, 3.05) is 0 Å². The summed E-state index contributed by atoms with van der Waals surface area (Å²) >= 11 is 0. The molecule has 0 N–H and O–H groups in total. The van der Waals surface area contributed by atoms with Gasteiger partial charge in [0.2, 0.25) is 11.8 Å². The first kappa shape index (κ1) is 28.5. The summed E-state index contributed by atoms with van der Waals surface area (Å²) in [5.41, 5.74) is 10.6. The quantitative estimate of drug-likeness (QED) is 0.187. The molecule has 3 aromatic heterocycles. The molecule has 0 amide bonds. The predicted octanol–water partition coefficient (Wildman–Crippen LogP) is 11.0. The van der Waals surface area contributed by atoms with Crippen molar-refractivity contribution < 1.29 is 8.83 Å². The van der Waals surface area contributed by atoms with Gasteiger partial charge < -0.3 is 13.4 Å². The fraction of sp³-hybridized carbons (Fsp3) is 0. The highest BCUT2D eigenvalue weighted by Crippen LogP contribution is 2.38. The maximum Gasteiger partial charge on any atom is 0.227 e. The van der Waals surface area contributed by atoms with Crippen molar-refractivity contribution in [3.05, 3.63) is 151 Å². The molecule has 236 valence electrons. The largest absolute Gasteiger partial charge is 0.436 e. The van der Waals surface area contributed by atoms with Gasteiger partial charge in [0, 0.05) is 39.7 Å². The average Bonchev–Trinajstić information content (AvgIpc) is 3.90. The average molecular weight is 654 g/mol. The Morgan fingerprint density at radius 2 is 1.00 bits per heavy atom. The monoisotopic (exact) mass is 653 g/mol. The van der Waals surface area contributed by atoms with Gasteiger partial charge in [-0.05, 0) is 101 Å². The van der Waals surface area contributed by atoms with Crippen molar-refractivity contribution in [1.29, 1.82) is 10.5 Å². The first-order valence-corrected chi connectivity index (χ1v) is 16.4. The standard InChI is InChI=1S/C44H23N5O2/c45-24-26-5-15-37-41(19-26)50-43(47-37)32-11-17-39-35(22-32)36-23-33(44-48-38-16-6-27(25-46)20-42(38)51-44)12-18-40(36)49(39)34-13-9-29(10-14-34)31-8-7-28-3-1-2-4-30(28)21-31/h1-23H. The lowest BCUT2D eigenvalue weighted by atomic mass is 10.0. The second-order valence-electron chi connectivity index (χ2n) is 12.5. The molecule has 10 aromatic rings. The van der Waals surface area contributed by atoms with Crippen LogP contribution in [0.4, 0.5) is 0 Å². The van der Waals surface area contributed by atoms with Crippen molar-refractivity contribution in [2.45, 2.75) is 0 Å². The van der Waals surface area contributed by atoms with Crippen LogP contribution in [0, 0.1) is 22.7 Å². The van der Waals surface area contributed by atoms with E-state index < -0.39 is 0 Å². The van der Waals surface area contributed by atoms with Crippen LogP contribution in [0.5, 0.6) is 0 Å². The molecule has 7 nitrogen and oxygen atoms in total. The summed E-state index contributed by atoms with van der Waals surface area (Å²) in [6.45, 7) is 0. The van der Waals surface area contributed by atoms with Crippen LogP contribution in [0.1, 0.15) is 11.1 Å². The number of nitriles is 2. The van der Waals surface area contributed by atoms with E-state index in [4.69, 9.17) is 18.8 Å². The molecular formula is C44H23N5O2. The van der Waals surface area contributed by atoms with Crippen molar-refractivity contribution >= 4 is 54.8 Å². The number of benzene rings is 7. The second kappa shape index (κ2) is 11.0. The van der Waals surface area contributed by atoms with Crippen molar-refractivity contribution in [3.8, 4) is 51.9 Å². The van der Waals surface area contributed by atoms with Crippen LogP contribution >= 0.6 is 0 Å². The Labute approximate surface area is 290 Å². The minimum absolute atomic E-state index is 0.478. The fourth-order valence-electron chi connectivity index (χ4n) is 6.97. The van der Waals surface area contributed by atoms with Gasteiger partial charge in [-0.2, -0.15) is 10.5 Å². The van der Waals surface area contributed by atoms with E-state index in [9.17, 15) is 10.5 Å². The summed E-state index contributed by atoms with van der Waals surface area (Å²) in [7, 11) is 0. The molecule has 0 aliphatic rings. The van der Waals surface area contributed by atoms with Crippen LogP contribution in [-0.4, -0.2) is 14.5 Å². The first-order valence-electron chi connectivity index (χ1n) is 16.4. The number of nitrogens with zero attached hydrogens (tertiary/aromatic N) is 5. The summed E-state index contributed by atoms with van der Waals surface area (Å²) in [4.78, 5) is 9.48. The normalized spacial score (nSPS) is 11.5. The van der Waals surface area contributed by atoms with Crippen molar-refractivity contribution in [3.63, 3.8) is 0 Å². The van der Waals surface area contributed by atoms with E-state index in [0.717, 1.165) is 49.7 Å². The lowest BCUT2D eigenvalue weighted by molar-refractivity contribution is 0.619. The first-order chi connectivity index (χ1) is 25.1. The molecule has 0 unspecified atom stereocenters. The van der Waals surface area contributed by atoms with Gasteiger partial charge in [-0.25, -0.2) is 9.97 Å². The fourth-order valence-corrected chi connectivity index (χ4v) is 6.97. The van der Waals surface area contributed by atoms with Crippen LogP contribution in [-0.2, 0) is 0 Å². The Balaban J connectivity index is 1.14. The molecular weight excluding hydrogens is 631 g/mol. The van der Waals surface area contributed by atoms with E-state index in [1.807, 2.05) is 12.1 Å². The topological polar surface area (TPSA) is 105 Å². The van der Waals surface area contributed by atoms with Crippen LogP contribution in [0.25, 0.3) is 94.5 Å². The van der Waals surface area contributed by atoms with Gasteiger partial charge in [-0.15, -0.1) is 0 Å². The lowest BCUT2D eigenvalue weighted by Gasteiger charge is -2.10. The summed E-state index contributed by atoms with van der Waals surface area (Å²) < 4.78 is 14.6. The SMILES string of the molecule is N#Cc1ccc2nc(-c3ccc4c(c3)c3cc(-c5nc6ccc(C#N)cc6o5)ccc3n4-c3ccc(-c4ccc5ccccc5c4)cc3)oc2c1. The van der Waals surface area contributed by atoms with Crippen molar-refractivity contribution in [2.24, 2.45) is 0 Å². The van der Waals surface area contributed by atoms with Crippen LogP contribution in [0.15, 0.2) is 148 Å². The Bertz CT molecular complexity index is 2960. The molecule has 0 spiro atoms. The third-order valence-corrected chi connectivity index (χ3v) is 9.50. The lowest BCUT2D eigenvalue weighted by Crippen LogP contribution is -1.94. The molecule has 0 aliphatic heterocycles. The molecule has 0 fully saturated rings. The smallest absolute Gasteiger partial charge is 0.227 e. The van der Waals surface area contributed by atoms with Gasteiger partial charge >= 0.3 is 0 Å². The number of hydrogen-bond acceptors (Lipinski definition) is 6. The summed E-state index contributed by atoms with van der Waals surface area (Å²) in [6, 6.07) is 50.9. The third kappa shape index (κ3) is 4.65. The highest BCUT2D eigenvalue weighted by atomic mass is 16.4. The van der Waals surface area contributed by atoms with E-state index in [1.54, 1.807) is 36.4 Å². The highest BCUT2D eigenvalue weighted by molar-refractivity contribution is 6.11. The highest BCUT2D eigenvalue weighted by Gasteiger charge is 2.18. The molecule has 0 radical (unpaired) electrons. The Morgan fingerprint density at radius 3 is 1.57 bits per heavy atom. The Morgan fingerprint density at radius 1 is 0.471 bits per heavy atom.